The van der Waals surface area contributed by atoms with E-state index in [9.17, 15) is 13.2 Å². The van der Waals surface area contributed by atoms with Gasteiger partial charge in [-0.05, 0) is 67.6 Å². The lowest BCUT2D eigenvalue weighted by molar-refractivity contribution is -0.122. The molecule has 0 spiro atoms. The molecule has 168 valence electrons. The van der Waals surface area contributed by atoms with E-state index < -0.39 is 22.1 Å². The summed E-state index contributed by atoms with van der Waals surface area (Å²) in [7, 11) is -3.70. The van der Waals surface area contributed by atoms with Crippen LogP contribution in [0.5, 0.6) is 0 Å². The quantitative estimate of drug-likeness (QED) is 0.569. The maximum absolute atomic E-state index is 13.4. The number of benzene rings is 3. The standard InChI is InChI=1S/C26H30N2O3S/c1-18-15-19(2)17-23(16-18)28(32(5,30)31)21(4)26(29)27-25(22-12-7-6-8-13-22)24-14-10-9-11-20(24)3/h6-17,21,25H,1-5H3,(H,27,29)/t21-,25-/m1/s1. The van der Waals surface area contributed by atoms with E-state index in [1.807, 2.05) is 81.4 Å². The van der Waals surface area contributed by atoms with Crippen molar-refractivity contribution in [3.8, 4) is 0 Å². The summed E-state index contributed by atoms with van der Waals surface area (Å²) in [6, 6.07) is 21.8. The highest BCUT2D eigenvalue weighted by Gasteiger charge is 2.31. The number of amides is 1. The van der Waals surface area contributed by atoms with E-state index >= 15 is 0 Å². The molecule has 0 bridgehead atoms. The molecule has 0 unspecified atom stereocenters. The first kappa shape index (κ1) is 23.5. The lowest BCUT2D eigenvalue weighted by Crippen LogP contribution is -2.49. The fourth-order valence-electron chi connectivity index (χ4n) is 4.05. The van der Waals surface area contributed by atoms with Crippen molar-refractivity contribution in [1.82, 2.24) is 5.32 Å². The molecule has 3 aromatic rings. The predicted octanol–water partition coefficient (Wildman–Crippen LogP) is 4.67. The molecular weight excluding hydrogens is 420 g/mol. The minimum Gasteiger partial charge on any atom is -0.343 e. The van der Waals surface area contributed by atoms with Crippen molar-refractivity contribution >= 4 is 21.6 Å². The van der Waals surface area contributed by atoms with Gasteiger partial charge in [-0.25, -0.2) is 8.42 Å². The van der Waals surface area contributed by atoms with Crippen LogP contribution < -0.4 is 9.62 Å². The first-order valence-electron chi connectivity index (χ1n) is 10.6. The molecule has 1 amide bonds. The summed E-state index contributed by atoms with van der Waals surface area (Å²) in [6.07, 6.45) is 1.13. The average molecular weight is 451 g/mol. The third-order valence-corrected chi connectivity index (χ3v) is 6.71. The van der Waals surface area contributed by atoms with Gasteiger partial charge in [-0.15, -0.1) is 0 Å². The Morgan fingerprint density at radius 3 is 2.00 bits per heavy atom. The Balaban J connectivity index is 2.00. The minimum atomic E-state index is -3.70. The van der Waals surface area contributed by atoms with Crippen LogP contribution >= 0.6 is 0 Å². The van der Waals surface area contributed by atoms with E-state index in [-0.39, 0.29) is 5.91 Å². The lowest BCUT2D eigenvalue weighted by atomic mass is 9.94. The molecule has 3 aromatic carbocycles. The van der Waals surface area contributed by atoms with Crippen LogP contribution in [0.1, 0.15) is 40.8 Å². The van der Waals surface area contributed by atoms with Crippen molar-refractivity contribution in [2.75, 3.05) is 10.6 Å². The molecule has 0 saturated heterocycles. The number of anilines is 1. The molecule has 3 rings (SSSR count). The Kier molecular flexibility index (Phi) is 7.04. The molecule has 0 radical (unpaired) electrons. The Morgan fingerprint density at radius 1 is 0.875 bits per heavy atom. The highest BCUT2D eigenvalue weighted by atomic mass is 32.2. The van der Waals surface area contributed by atoms with Gasteiger partial charge in [-0.2, -0.15) is 0 Å². The second kappa shape index (κ2) is 9.57. The summed E-state index contributed by atoms with van der Waals surface area (Å²) in [5.41, 5.74) is 5.30. The number of nitrogens with one attached hydrogen (secondary N) is 1. The van der Waals surface area contributed by atoms with Crippen LogP contribution in [0.15, 0.2) is 72.8 Å². The van der Waals surface area contributed by atoms with Gasteiger partial charge in [0.25, 0.3) is 0 Å². The summed E-state index contributed by atoms with van der Waals surface area (Å²) in [6.45, 7) is 7.43. The molecule has 0 fully saturated rings. The highest BCUT2D eigenvalue weighted by molar-refractivity contribution is 7.92. The zero-order valence-electron chi connectivity index (χ0n) is 19.2. The second-order valence-electron chi connectivity index (χ2n) is 8.29. The number of hydrogen-bond acceptors (Lipinski definition) is 3. The summed E-state index contributed by atoms with van der Waals surface area (Å²) < 4.78 is 26.6. The molecule has 6 heteroatoms. The Hall–Kier alpha value is -3.12. The van der Waals surface area contributed by atoms with E-state index in [4.69, 9.17) is 0 Å². The van der Waals surface area contributed by atoms with Crippen LogP contribution in [-0.4, -0.2) is 26.6 Å². The first-order chi connectivity index (χ1) is 15.1. The average Bonchev–Trinajstić information content (AvgIpc) is 2.71. The monoisotopic (exact) mass is 450 g/mol. The summed E-state index contributed by atoms with van der Waals surface area (Å²) in [5, 5.41) is 3.10. The number of aryl methyl sites for hydroxylation is 3. The lowest BCUT2D eigenvalue weighted by Gasteiger charge is -2.31. The molecular formula is C26H30N2O3S. The van der Waals surface area contributed by atoms with E-state index in [2.05, 4.69) is 5.32 Å². The zero-order chi connectivity index (χ0) is 23.5. The zero-order valence-corrected chi connectivity index (χ0v) is 20.0. The number of hydrogen-bond donors (Lipinski definition) is 1. The van der Waals surface area contributed by atoms with Crippen molar-refractivity contribution in [1.29, 1.82) is 0 Å². The van der Waals surface area contributed by atoms with Crippen molar-refractivity contribution in [3.63, 3.8) is 0 Å². The molecule has 0 aromatic heterocycles. The van der Waals surface area contributed by atoms with E-state index in [0.717, 1.165) is 34.1 Å². The van der Waals surface area contributed by atoms with Gasteiger partial charge in [0.15, 0.2) is 0 Å². The summed E-state index contributed by atoms with van der Waals surface area (Å²) in [4.78, 5) is 13.4. The molecule has 1 N–H and O–H groups in total. The Labute approximate surface area is 191 Å². The number of rotatable bonds is 7. The van der Waals surface area contributed by atoms with Gasteiger partial charge in [0.05, 0.1) is 18.0 Å². The van der Waals surface area contributed by atoms with Crippen LogP contribution in [0.25, 0.3) is 0 Å². The highest BCUT2D eigenvalue weighted by Crippen LogP contribution is 2.27. The molecule has 0 heterocycles. The molecule has 2 atom stereocenters. The number of carbonyl (C=O) groups is 1. The van der Waals surface area contributed by atoms with Gasteiger partial charge in [0, 0.05) is 0 Å². The first-order valence-corrected chi connectivity index (χ1v) is 12.4. The Bertz CT molecular complexity index is 1190. The Morgan fingerprint density at radius 2 is 1.44 bits per heavy atom. The van der Waals surface area contributed by atoms with Crippen molar-refractivity contribution < 1.29 is 13.2 Å². The molecule has 5 nitrogen and oxygen atoms in total. The van der Waals surface area contributed by atoms with E-state index in [1.165, 1.54) is 4.31 Å². The molecule has 0 aliphatic heterocycles. The van der Waals surface area contributed by atoms with Crippen LogP contribution in [-0.2, 0) is 14.8 Å². The van der Waals surface area contributed by atoms with Gasteiger partial charge in [-0.1, -0.05) is 60.7 Å². The normalized spacial score (nSPS) is 13.3. The SMILES string of the molecule is Cc1cc(C)cc(N([C@H](C)C(=O)N[C@H](c2ccccc2)c2ccccc2C)S(C)(=O)=O)c1. The number of nitrogens with zero attached hydrogens (tertiary/aromatic N) is 1. The van der Waals surface area contributed by atoms with E-state index in [1.54, 1.807) is 19.1 Å². The third kappa shape index (κ3) is 5.37. The van der Waals surface area contributed by atoms with Crippen LogP contribution in [0, 0.1) is 20.8 Å². The van der Waals surface area contributed by atoms with Crippen LogP contribution in [0.4, 0.5) is 5.69 Å². The van der Waals surface area contributed by atoms with Gasteiger partial charge in [-0.3, -0.25) is 9.10 Å². The fraction of sp³-hybridized carbons (Fsp3) is 0.269. The molecule has 0 saturated carbocycles. The summed E-state index contributed by atoms with van der Waals surface area (Å²) in [5.74, 6) is -0.369. The van der Waals surface area contributed by atoms with E-state index in [0.29, 0.717) is 5.69 Å². The molecule has 0 aliphatic rings. The topological polar surface area (TPSA) is 66.5 Å². The van der Waals surface area contributed by atoms with Crippen LogP contribution in [0.2, 0.25) is 0 Å². The fourth-order valence-corrected chi connectivity index (χ4v) is 5.20. The maximum atomic E-state index is 13.4. The van der Waals surface area contributed by atoms with Crippen LogP contribution in [0.3, 0.4) is 0 Å². The second-order valence-corrected chi connectivity index (χ2v) is 10.1. The van der Waals surface area contributed by atoms with Crippen molar-refractivity contribution in [3.05, 3.63) is 101 Å². The van der Waals surface area contributed by atoms with Gasteiger partial charge >= 0.3 is 0 Å². The summed E-state index contributed by atoms with van der Waals surface area (Å²) >= 11 is 0. The van der Waals surface area contributed by atoms with Gasteiger partial charge in [0.2, 0.25) is 15.9 Å². The minimum absolute atomic E-state index is 0.369. The largest absolute Gasteiger partial charge is 0.343 e. The van der Waals surface area contributed by atoms with Gasteiger partial charge in [0.1, 0.15) is 6.04 Å². The molecule has 32 heavy (non-hydrogen) atoms. The maximum Gasteiger partial charge on any atom is 0.244 e. The smallest absolute Gasteiger partial charge is 0.244 e. The predicted molar refractivity (Wildman–Crippen MR) is 130 cm³/mol. The number of sulfonamides is 1. The van der Waals surface area contributed by atoms with Crippen molar-refractivity contribution in [2.45, 2.75) is 39.8 Å². The number of carbonyl (C=O) groups excluding carboxylic acids is 1. The molecule has 0 aliphatic carbocycles. The van der Waals surface area contributed by atoms with Gasteiger partial charge < -0.3 is 5.32 Å². The third-order valence-electron chi connectivity index (χ3n) is 5.47. The van der Waals surface area contributed by atoms with Crippen molar-refractivity contribution in [2.24, 2.45) is 0 Å².